The number of ether oxygens (including phenoxy) is 3. The number of rotatable bonds is 4. The third-order valence-electron chi connectivity index (χ3n) is 8.07. The van der Waals surface area contributed by atoms with E-state index in [9.17, 15) is 14.7 Å². The number of aliphatic hydroxyl groups is 1. The number of esters is 2. The van der Waals surface area contributed by atoms with Gasteiger partial charge in [-0.3, -0.25) is 9.59 Å². The molecule has 1 aliphatic heterocycles. The summed E-state index contributed by atoms with van der Waals surface area (Å²) >= 11 is 0. The van der Waals surface area contributed by atoms with Crippen molar-refractivity contribution < 1.29 is 28.9 Å². The van der Waals surface area contributed by atoms with Crippen LogP contribution < -0.4 is 0 Å². The van der Waals surface area contributed by atoms with Gasteiger partial charge in [-0.05, 0) is 51.2 Å². The zero-order valence-electron chi connectivity index (χ0n) is 19.8. The largest absolute Gasteiger partial charge is 0.459 e. The molecule has 1 aromatic carbocycles. The minimum Gasteiger partial charge on any atom is -0.459 e. The van der Waals surface area contributed by atoms with E-state index >= 15 is 0 Å². The Hall–Kier alpha value is -2.18. The van der Waals surface area contributed by atoms with Gasteiger partial charge in [-0.2, -0.15) is 0 Å². The molecule has 2 fully saturated rings. The summed E-state index contributed by atoms with van der Waals surface area (Å²) in [6.45, 7) is 11.2. The first-order valence-corrected chi connectivity index (χ1v) is 11.4. The van der Waals surface area contributed by atoms with Gasteiger partial charge in [-0.1, -0.05) is 42.8 Å². The van der Waals surface area contributed by atoms with E-state index in [0.717, 1.165) is 23.1 Å². The van der Waals surface area contributed by atoms with E-state index in [1.807, 2.05) is 44.2 Å². The average Bonchev–Trinajstić information content (AvgIpc) is 3.09. The fourth-order valence-electron chi connectivity index (χ4n) is 5.96. The van der Waals surface area contributed by atoms with Crippen molar-refractivity contribution in [3.8, 4) is 0 Å². The van der Waals surface area contributed by atoms with E-state index in [1.54, 1.807) is 13.8 Å². The molecule has 0 aromatic heterocycles. The summed E-state index contributed by atoms with van der Waals surface area (Å²) in [4.78, 5) is 25.1. The monoisotopic (exact) mass is 442 g/mol. The van der Waals surface area contributed by atoms with Crippen LogP contribution in [0, 0.1) is 17.3 Å². The Balaban J connectivity index is 1.84. The van der Waals surface area contributed by atoms with Crippen LogP contribution in [0.4, 0.5) is 0 Å². The standard InChI is InChI=1S/C26H34O6/c1-15-12-19-21(16(15)2)22-26(29,24(4,5)23(28)31-22)20(13-25(19,6)32-17(3)27)30-14-18-10-8-7-9-11-18/h7-11,15,19-20,22,29H,12-14H2,1-6H3/t15-,19+,20-,22+,25+,26-/m1/s1. The number of allylic oxidation sites excluding steroid dienone is 1. The number of carbonyl (C=O) groups is 2. The molecule has 1 saturated carbocycles. The van der Waals surface area contributed by atoms with Gasteiger partial charge < -0.3 is 19.3 Å². The Morgan fingerprint density at radius 2 is 1.88 bits per heavy atom. The molecule has 6 nitrogen and oxygen atoms in total. The highest BCUT2D eigenvalue weighted by atomic mass is 16.6. The predicted octanol–water partition coefficient (Wildman–Crippen LogP) is 3.95. The lowest BCUT2D eigenvalue weighted by atomic mass is 9.68. The SMILES string of the molecule is CC(=O)O[C@@]1(C)C[C@@H](OCc2ccccc2)[C@@]2(O)[C@@H](OC(=O)C2(C)C)C2=C(C)[C@H](C)C[C@@H]21. The van der Waals surface area contributed by atoms with Crippen LogP contribution in [0.15, 0.2) is 41.5 Å². The summed E-state index contributed by atoms with van der Waals surface area (Å²) in [6.07, 6.45) is -0.584. The number of fused-ring (bicyclic) bond motifs is 3. The van der Waals surface area contributed by atoms with Crippen molar-refractivity contribution >= 4 is 11.9 Å². The minimum atomic E-state index is -1.60. The topological polar surface area (TPSA) is 82.1 Å². The molecule has 3 aliphatic rings. The third kappa shape index (κ3) is 3.30. The maximum absolute atomic E-state index is 13.0. The number of hydrogen-bond acceptors (Lipinski definition) is 6. The number of benzene rings is 1. The molecule has 6 heteroatoms. The van der Waals surface area contributed by atoms with Crippen LogP contribution in [-0.2, 0) is 30.4 Å². The zero-order chi connectivity index (χ0) is 23.5. The van der Waals surface area contributed by atoms with E-state index in [2.05, 4.69) is 6.92 Å². The molecule has 0 amide bonds. The predicted molar refractivity (Wildman–Crippen MR) is 118 cm³/mol. The van der Waals surface area contributed by atoms with Gasteiger partial charge in [-0.15, -0.1) is 0 Å². The quantitative estimate of drug-likeness (QED) is 0.562. The smallest absolute Gasteiger partial charge is 0.315 e. The van der Waals surface area contributed by atoms with Crippen molar-refractivity contribution in [3.05, 3.63) is 47.0 Å². The molecule has 0 bridgehead atoms. The highest BCUT2D eigenvalue weighted by Crippen LogP contribution is 2.59. The maximum atomic E-state index is 13.0. The van der Waals surface area contributed by atoms with Crippen LogP contribution in [0.25, 0.3) is 0 Å². The second-order valence-electron chi connectivity index (χ2n) is 10.5. The fourth-order valence-corrected chi connectivity index (χ4v) is 5.96. The molecule has 6 atom stereocenters. The summed E-state index contributed by atoms with van der Waals surface area (Å²) in [6, 6.07) is 9.69. The van der Waals surface area contributed by atoms with Crippen molar-refractivity contribution in [1.29, 1.82) is 0 Å². The average molecular weight is 443 g/mol. The minimum absolute atomic E-state index is 0.162. The van der Waals surface area contributed by atoms with Gasteiger partial charge >= 0.3 is 11.9 Å². The Kier molecular flexibility index (Phi) is 5.53. The Labute approximate surface area is 189 Å². The Morgan fingerprint density at radius 1 is 1.22 bits per heavy atom. The molecule has 32 heavy (non-hydrogen) atoms. The van der Waals surface area contributed by atoms with E-state index in [0.29, 0.717) is 0 Å². The molecule has 0 unspecified atom stereocenters. The Morgan fingerprint density at radius 3 is 2.50 bits per heavy atom. The molecule has 1 aromatic rings. The van der Waals surface area contributed by atoms with E-state index in [1.165, 1.54) is 6.92 Å². The van der Waals surface area contributed by atoms with E-state index < -0.39 is 34.8 Å². The lowest BCUT2D eigenvalue weighted by Crippen LogP contribution is -2.59. The summed E-state index contributed by atoms with van der Waals surface area (Å²) in [7, 11) is 0. The van der Waals surface area contributed by atoms with Crippen molar-refractivity contribution in [2.24, 2.45) is 17.3 Å². The van der Waals surface area contributed by atoms with Gasteiger partial charge in [0.2, 0.25) is 0 Å². The second-order valence-corrected chi connectivity index (χ2v) is 10.5. The molecular weight excluding hydrogens is 408 g/mol. The van der Waals surface area contributed by atoms with Crippen LogP contribution in [0.2, 0.25) is 0 Å². The molecule has 0 radical (unpaired) electrons. The second kappa shape index (κ2) is 7.70. The first-order chi connectivity index (χ1) is 14.9. The van der Waals surface area contributed by atoms with Crippen molar-refractivity contribution in [1.82, 2.24) is 0 Å². The molecule has 2 aliphatic carbocycles. The van der Waals surface area contributed by atoms with Crippen LogP contribution in [0.1, 0.15) is 59.9 Å². The molecule has 174 valence electrons. The molecule has 1 heterocycles. The zero-order valence-corrected chi connectivity index (χ0v) is 19.8. The van der Waals surface area contributed by atoms with Crippen molar-refractivity contribution in [2.45, 2.75) is 84.4 Å². The van der Waals surface area contributed by atoms with Crippen LogP contribution in [-0.4, -0.2) is 40.5 Å². The van der Waals surface area contributed by atoms with E-state index in [4.69, 9.17) is 14.2 Å². The number of hydrogen-bond donors (Lipinski definition) is 1. The lowest BCUT2D eigenvalue weighted by Gasteiger charge is -2.42. The first-order valence-electron chi connectivity index (χ1n) is 11.4. The first kappa shape index (κ1) is 23.0. The van der Waals surface area contributed by atoms with Crippen LogP contribution in [0.5, 0.6) is 0 Å². The van der Waals surface area contributed by atoms with Crippen molar-refractivity contribution in [3.63, 3.8) is 0 Å². The third-order valence-corrected chi connectivity index (χ3v) is 8.07. The highest BCUT2D eigenvalue weighted by molar-refractivity contribution is 5.82. The summed E-state index contributed by atoms with van der Waals surface area (Å²) < 4.78 is 18.2. The van der Waals surface area contributed by atoms with Gasteiger partial charge in [0.15, 0.2) is 6.10 Å². The highest BCUT2D eigenvalue weighted by Gasteiger charge is 2.71. The van der Waals surface area contributed by atoms with Gasteiger partial charge in [-0.25, -0.2) is 0 Å². The molecule has 1 saturated heterocycles. The molecular formula is C26H34O6. The number of carbonyl (C=O) groups excluding carboxylic acids is 2. The van der Waals surface area contributed by atoms with Gasteiger partial charge in [0, 0.05) is 19.3 Å². The van der Waals surface area contributed by atoms with Crippen LogP contribution in [0.3, 0.4) is 0 Å². The molecule has 0 spiro atoms. The summed E-state index contributed by atoms with van der Waals surface area (Å²) in [5.74, 6) is -0.738. The lowest BCUT2D eigenvalue weighted by molar-refractivity contribution is -0.190. The van der Waals surface area contributed by atoms with Gasteiger partial charge in [0.25, 0.3) is 0 Å². The van der Waals surface area contributed by atoms with Gasteiger partial charge in [0.05, 0.1) is 18.1 Å². The normalized spacial score (nSPS) is 38.0. The Bertz CT molecular complexity index is 950. The molecule has 1 N–H and O–H groups in total. The maximum Gasteiger partial charge on any atom is 0.315 e. The van der Waals surface area contributed by atoms with E-state index in [-0.39, 0.29) is 30.8 Å². The van der Waals surface area contributed by atoms with Gasteiger partial charge in [0.1, 0.15) is 11.2 Å². The molecule has 4 rings (SSSR count). The van der Waals surface area contributed by atoms with Crippen molar-refractivity contribution in [2.75, 3.05) is 0 Å². The van der Waals surface area contributed by atoms with Crippen LogP contribution >= 0.6 is 0 Å². The summed E-state index contributed by atoms with van der Waals surface area (Å²) in [5.41, 5.74) is -0.755. The fraction of sp³-hybridized carbons (Fsp3) is 0.615. The summed E-state index contributed by atoms with van der Waals surface area (Å²) in [5, 5.41) is 12.3.